The number of piperidine rings is 1. The minimum atomic E-state index is -3.91. The fraction of sp³-hybridized carbons (Fsp3) is 0.480. The Morgan fingerprint density at radius 1 is 1.09 bits per heavy atom. The third-order valence-corrected chi connectivity index (χ3v) is 8.13. The average molecular weight is 497 g/mol. The summed E-state index contributed by atoms with van der Waals surface area (Å²) in [6, 6.07) is 6.22. The van der Waals surface area contributed by atoms with Gasteiger partial charge in [0.25, 0.3) is 5.91 Å². The minimum absolute atomic E-state index is 0.0591. The van der Waals surface area contributed by atoms with Gasteiger partial charge in [0.1, 0.15) is 5.82 Å². The molecule has 0 bridgehead atoms. The summed E-state index contributed by atoms with van der Waals surface area (Å²) in [5.41, 5.74) is 3.71. The van der Waals surface area contributed by atoms with Gasteiger partial charge in [0, 0.05) is 43.0 Å². The van der Waals surface area contributed by atoms with Gasteiger partial charge in [-0.2, -0.15) is 5.10 Å². The van der Waals surface area contributed by atoms with Crippen molar-refractivity contribution in [2.75, 3.05) is 24.5 Å². The molecule has 0 aliphatic carbocycles. The number of carbonyl (C=O) groups is 1. The number of amides is 1. The van der Waals surface area contributed by atoms with E-state index in [1.807, 2.05) is 17.2 Å². The fourth-order valence-electron chi connectivity index (χ4n) is 5.27. The third-order valence-electron chi connectivity index (χ3n) is 7.22. The van der Waals surface area contributed by atoms with Crippen molar-refractivity contribution in [3.63, 3.8) is 0 Å². The Kier molecular flexibility index (Phi) is 6.04. The zero-order valence-electron chi connectivity index (χ0n) is 20.4. The number of fused-ring (bicyclic) bond motifs is 1. The first-order valence-electron chi connectivity index (χ1n) is 12.2. The second-order valence-electron chi connectivity index (χ2n) is 9.99. The largest absolute Gasteiger partial charge is 0.356 e. The summed E-state index contributed by atoms with van der Waals surface area (Å²) in [5.74, 6) is 1.46. The van der Waals surface area contributed by atoms with Crippen LogP contribution in [0.4, 0.5) is 5.82 Å². The van der Waals surface area contributed by atoms with E-state index in [2.05, 4.69) is 18.7 Å². The molecule has 2 aliphatic heterocycles. The molecular formula is C25H32N6O3S. The second kappa shape index (κ2) is 8.91. The van der Waals surface area contributed by atoms with Gasteiger partial charge in [-0.25, -0.2) is 23.1 Å². The van der Waals surface area contributed by atoms with Crippen LogP contribution in [0.3, 0.4) is 0 Å². The second-order valence-corrected chi connectivity index (χ2v) is 11.6. The number of hydrogen-bond acceptors (Lipinski definition) is 6. The van der Waals surface area contributed by atoms with Gasteiger partial charge in [-0.1, -0.05) is 13.0 Å². The van der Waals surface area contributed by atoms with Crippen molar-refractivity contribution >= 4 is 27.4 Å². The molecular weight excluding hydrogens is 464 g/mol. The smallest absolute Gasteiger partial charge is 0.254 e. The summed E-state index contributed by atoms with van der Waals surface area (Å²) in [5, 5.41) is 10.1. The third kappa shape index (κ3) is 4.52. The van der Waals surface area contributed by atoms with E-state index in [0.717, 1.165) is 55.1 Å². The highest BCUT2D eigenvalue weighted by molar-refractivity contribution is 7.89. The molecule has 1 aromatic carbocycles. The quantitative estimate of drug-likeness (QED) is 0.593. The molecule has 35 heavy (non-hydrogen) atoms. The lowest BCUT2D eigenvalue weighted by atomic mass is 9.97. The SMILES string of the molecule is Cc1ccc(S(N)(=O)=O)cc1C(=O)N1CCCC[C@H]1c1cc2nc(N3CC[C@H](C)C3)c(C)cn2n1. The van der Waals surface area contributed by atoms with Gasteiger partial charge in [-0.3, -0.25) is 4.79 Å². The lowest BCUT2D eigenvalue weighted by molar-refractivity contribution is 0.0604. The molecule has 2 aliphatic rings. The van der Waals surface area contributed by atoms with Crippen LogP contribution in [0, 0.1) is 19.8 Å². The van der Waals surface area contributed by atoms with Gasteiger partial charge in [0.2, 0.25) is 10.0 Å². The van der Waals surface area contributed by atoms with Gasteiger partial charge < -0.3 is 9.80 Å². The van der Waals surface area contributed by atoms with Crippen LogP contribution in [-0.4, -0.2) is 53.5 Å². The molecule has 0 spiro atoms. The zero-order chi connectivity index (χ0) is 24.9. The van der Waals surface area contributed by atoms with Crippen molar-refractivity contribution in [1.82, 2.24) is 19.5 Å². The number of hydrogen-bond donors (Lipinski definition) is 1. The standard InChI is InChI=1S/C25H32N6O3S/c1-16-9-11-29(14-16)24-18(3)15-31-23(27-24)13-21(28-31)22-6-4-5-10-30(22)25(32)20-12-19(35(26,33)34)8-7-17(20)2/h7-8,12-13,15-16,22H,4-6,9-11,14H2,1-3H3,(H2,26,33,34)/t16-,22-/m0/s1. The summed E-state index contributed by atoms with van der Waals surface area (Å²) in [4.78, 5) is 22.7. The van der Waals surface area contributed by atoms with Crippen molar-refractivity contribution in [1.29, 1.82) is 0 Å². The van der Waals surface area contributed by atoms with E-state index in [9.17, 15) is 13.2 Å². The Morgan fingerprint density at radius 2 is 1.89 bits per heavy atom. The molecule has 2 fully saturated rings. The number of carbonyl (C=O) groups excluding carboxylic acids is 1. The zero-order valence-corrected chi connectivity index (χ0v) is 21.3. The number of sulfonamides is 1. The fourth-order valence-corrected chi connectivity index (χ4v) is 5.81. The molecule has 186 valence electrons. The van der Waals surface area contributed by atoms with Crippen molar-refractivity contribution in [3.05, 3.63) is 52.8 Å². The van der Waals surface area contributed by atoms with Gasteiger partial charge >= 0.3 is 0 Å². The maximum absolute atomic E-state index is 13.6. The summed E-state index contributed by atoms with van der Waals surface area (Å²) in [7, 11) is -3.91. The molecule has 2 N–H and O–H groups in total. The van der Waals surface area contributed by atoms with Gasteiger partial charge in [-0.05, 0) is 63.1 Å². The van der Waals surface area contributed by atoms with Crippen LogP contribution in [0.1, 0.15) is 65.8 Å². The van der Waals surface area contributed by atoms with Crippen molar-refractivity contribution in [3.8, 4) is 0 Å². The van der Waals surface area contributed by atoms with Crippen molar-refractivity contribution in [2.45, 2.75) is 57.4 Å². The first kappa shape index (κ1) is 23.7. The van der Waals surface area contributed by atoms with E-state index in [1.165, 1.54) is 18.6 Å². The van der Waals surface area contributed by atoms with E-state index in [4.69, 9.17) is 15.2 Å². The predicted octanol–water partition coefficient (Wildman–Crippen LogP) is 3.21. The molecule has 0 radical (unpaired) electrons. The minimum Gasteiger partial charge on any atom is -0.356 e. The number of rotatable bonds is 4. The lowest BCUT2D eigenvalue weighted by Gasteiger charge is -2.35. The first-order chi connectivity index (χ1) is 16.6. The van der Waals surface area contributed by atoms with Crippen LogP contribution < -0.4 is 10.0 Å². The van der Waals surface area contributed by atoms with E-state index >= 15 is 0 Å². The number of aromatic nitrogens is 3. The molecule has 0 unspecified atom stereocenters. The van der Waals surface area contributed by atoms with Crippen LogP contribution in [0.2, 0.25) is 0 Å². The van der Waals surface area contributed by atoms with E-state index < -0.39 is 10.0 Å². The van der Waals surface area contributed by atoms with Gasteiger partial charge in [0.05, 0.1) is 16.6 Å². The molecule has 3 aromatic rings. The Labute approximate surface area is 206 Å². The summed E-state index contributed by atoms with van der Waals surface area (Å²) >= 11 is 0. The normalized spacial score (nSPS) is 21.1. The molecule has 9 nitrogen and oxygen atoms in total. The summed E-state index contributed by atoms with van der Waals surface area (Å²) < 4.78 is 25.6. The highest BCUT2D eigenvalue weighted by Gasteiger charge is 2.32. The number of nitrogens with two attached hydrogens (primary N) is 1. The molecule has 4 heterocycles. The lowest BCUT2D eigenvalue weighted by Crippen LogP contribution is -2.39. The van der Waals surface area contributed by atoms with Crippen LogP contribution >= 0.6 is 0 Å². The van der Waals surface area contributed by atoms with Gasteiger partial charge in [-0.15, -0.1) is 0 Å². The molecule has 1 amide bonds. The number of likely N-dealkylation sites (tertiary alicyclic amines) is 1. The number of primary sulfonamides is 1. The van der Waals surface area contributed by atoms with Crippen LogP contribution in [-0.2, 0) is 10.0 Å². The maximum atomic E-state index is 13.6. The van der Waals surface area contributed by atoms with Crippen LogP contribution in [0.25, 0.3) is 5.65 Å². The molecule has 2 aromatic heterocycles. The van der Waals surface area contributed by atoms with E-state index in [-0.39, 0.29) is 16.8 Å². The monoisotopic (exact) mass is 496 g/mol. The van der Waals surface area contributed by atoms with Crippen LogP contribution in [0.15, 0.2) is 35.4 Å². The highest BCUT2D eigenvalue weighted by Crippen LogP contribution is 2.33. The Bertz CT molecular complexity index is 1400. The Morgan fingerprint density at radius 3 is 2.60 bits per heavy atom. The predicted molar refractivity (Wildman–Crippen MR) is 134 cm³/mol. The first-order valence-corrected chi connectivity index (χ1v) is 13.7. The molecule has 2 saturated heterocycles. The average Bonchev–Trinajstić information content (AvgIpc) is 3.43. The number of anilines is 1. The maximum Gasteiger partial charge on any atom is 0.254 e. The Balaban J connectivity index is 1.49. The molecule has 0 saturated carbocycles. The topological polar surface area (TPSA) is 114 Å². The van der Waals surface area contributed by atoms with E-state index in [0.29, 0.717) is 23.6 Å². The summed E-state index contributed by atoms with van der Waals surface area (Å²) in [6.45, 7) is 8.72. The Hall–Kier alpha value is -2.98. The van der Waals surface area contributed by atoms with Crippen molar-refractivity contribution < 1.29 is 13.2 Å². The molecule has 10 heteroatoms. The summed E-state index contributed by atoms with van der Waals surface area (Å²) in [6.07, 6.45) is 5.85. The van der Waals surface area contributed by atoms with Crippen molar-refractivity contribution in [2.24, 2.45) is 11.1 Å². The van der Waals surface area contributed by atoms with E-state index in [1.54, 1.807) is 17.5 Å². The van der Waals surface area contributed by atoms with Crippen LogP contribution in [0.5, 0.6) is 0 Å². The highest BCUT2D eigenvalue weighted by atomic mass is 32.2. The number of aryl methyl sites for hydroxylation is 2. The number of nitrogens with zero attached hydrogens (tertiary/aromatic N) is 5. The molecule has 5 rings (SSSR count). The van der Waals surface area contributed by atoms with Gasteiger partial charge in [0.15, 0.2) is 5.65 Å². The number of benzene rings is 1. The molecule has 2 atom stereocenters.